The van der Waals surface area contributed by atoms with E-state index in [0.29, 0.717) is 17.6 Å². The highest BCUT2D eigenvalue weighted by Gasteiger charge is 2.15. The second-order valence-electron chi connectivity index (χ2n) is 5.50. The number of amides is 1. The van der Waals surface area contributed by atoms with Crippen LogP contribution in [-0.4, -0.2) is 10.5 Å². The summed E-state index contributed by atoms with van der Waals surface area (Å²) in [7, 11) is 0. The van der Waals surface area contributed by atoms with Crippen LogP contribution in [0.2, 0.25) is 0 Å². The van der Waals surface area contributed by atoms with Gasteiger partial charge in [0.25, 0.3) is 5.91 Å². The van der Waals surface area contributed by atoms with Crippen molar-refractivity contribution in [2.75, 3.05) is 5.32 Å². The molecule has 3 rings (SSSR count). The molecule has 2 aromatic carbocycles. The Labute approximate surface area is 134 Å². The van der Waals surface area contributed by atoms with Crippen LogP contribution >= 0.6 is 0 Å². The Kier molecular flexibility index (Phi) is 3.98. The lowest BCUT2D eigenvalue weighted by Crippen LogP contribution is -2.23. The molecule has 0 aliphatic carbocycles. The van der Waals surface area contributed by atoms with Gasteiger partial charge in [0.2, 0.25) is 5.43 Å². The third-order valence-corrected chi connectivity index (χ3v) is 3.85. The number of hydrogen-bond acceptors (Lipinski definition) is 2. The van der Waals surface area contributed by atoms with Crippen LogP contribution in [0.25, 0.3) is 10.9 Å². The normalized spacial score (nSPS) is 10.7. The average molecular weight is 306 g/mol. The Hall–Kier alpha value is -2.88. The predicted molar refractivity (Wildman–Crippen MR) is 93.0 cm³/mol. The Morgan fingerprint density at radius 3 is 2.57 bits per heavy atom. The number of anilines is 1. The number of fused-ring (bicyclic) bond motifs is 1. The Morgan fingerprint density at radius 2 is 1.87 bits per heavy atom. The van der Waals surface area contributed by atoms with E-state index in [0.717, 1.165) is 11.1 Å². The third-order valence-electron chi connectivity index (χ3n) is 3.85. The highest BCUT2D eigenvalue weighted by Crippen LogP contribution is 2.15. The van der Waals surface area contributed by atoms with Gasteiger partial charge < -0.3 is 9.88 Å². The van der Waals surface area contributed by atoms with Crippen LogP contribution in [0.5, 0.6) is 0 Å². The zero-order valence-corrected chi connectivity index (χ0v) is 13.2. The zero-order chi connectivity index (χ0) is 16.4. The molecule has 1 N–H and O–H groups in total. The minimum Gasteiger partial charge on any atom is -0.347 e. The highest BCUT2D eigenvalue weighted by molar-refractivity contribution is 6.05. The maximum Gasteiger partial charge on any atom is 0.261 e. The van der Waals surface area contributed by atoms with Gasteiger partial charge in [0.1, 0.15) is 5.56 Å². The van der Waals surface area contributed by atoms with Gasteiger partial charge >= 0.3 is 0 Å². The van der Waals surface area contributed by atoms with Gasteiger partial charge in [-0.25, -0.2) is 0 Å². The molecule has 1 heterocycles. The molecule has 0 aliphatic rings. The number of nitrogens with zero attached hydrogens (tertiary/aromatic N) is 1. The van der Waals surface area contributed by atoms with Crippen LogP contribution in [0, 0.1) is 6.92 Å². The molecule has 0 atom stereocenters. The van der Waals surface area contributed by atoms with Gasteiger partial charge in [0.15, 0.2) is 0 Å². The second kappa shape index (κ2) is 6.08. The van der Waals surface area contributed by atoms with Gasteiger partial charge in [-0.15, -0.1) is 0 Å². The summed E-state index contributed by atoms with van der Waals surface area (Å²) in [6.07, 6.45) is 1.64. The first-order chi connectivity index (χ1) is 11.1. The molecule has 0 spiro atoms. The molecule has 0 aliphatic heterocycles. The Morgan fingerprint density at radius 1 is 1.13 bits per heavy atom. The van der Waals surface area contributed by atoms with Crippen molar-refractivity contribution in [3.05, 3.63) is 76.1 Å². The largest absolute Gasteiger partial charge is 0.347 e. The summed E-state index contributed by atoms with van der Waals surface area (Å²) in [6.45, 7) is 4.61. The van der Waals surface area contributed by atoms with E-state index >= 15 is 0 Å². The summed E-state index contributed by atoms with van der Waals surface area (Å²) >= 11 is 0. The third kappa shape index (κ3) is 2.88. The van der Waals surface area contributed by atoms with E-state index in [9.17, 15) is 9.59 Å². The molecule has 4 nitrogen and oxygen atoms in total. The SMILES string of the molecule is CCn1cc(C(=O)Nc2ccccc2)c(=O)c2cc(C)ccc21. The topological polar surface area (TPSA) is 51.1 Å². The number of rotatable bonds is 3. The molecule has 1 aromatic heterocycles. The number of benzene rings is 2. The standard InChI is InChI=1S/C19H18N2O2/c1-3-21-12-16(19(23)20-14-7-5-4-6-8-14)18(22)15-11-13(2)9-10-17(15)21/h4-12H,3H2,1-2H3,(H,20,23). The van der Waals surface area contributed by atoms with Crippen LogP contribution in [0.15, 0.2) is 59.5 Å². The molecule has 3 aromatic rings. The van der Waals surface area contributed by atoms with Crippen LogP contribution in [-0.2, 0) is 6.54 Å². The van der Waals surface area contributed by atoms with Crippen molar-refractivity contribution >= 4 is 22.5 Å². The molecule has 0 fully saturated rings. The van der Waals surface area contributed by atoms with E-state index in [-0.39, 0.29) is 16.9 Å². The molecule has 0 radical (unpaired) electrons. The van der Waals surface area contributed by atoms with Gasteiger partial charge in [0, 0.05) is 23.8 Å². The van der Waals surface area contributed by atoms with E-state index in [1.807, 2.05) is 54.8 Å². The van der Waals surface area contributed by atoms with Gasteiger partial charge in [-0.05, 0) is 38.1 Å². The molecule has 0 saturated carbocycles. The Bertz CT molecular complexity index is 927. The van der Waals surface area contributed by atoms with Crippen LogP contribution in [0.3, 0.4) is 0 Å². The molecular weight excluding hydrogens is 288 g/mol. The van der Waals surface area contributed by atoms with Gasteiger partial charge in [-0.2, -0.15) is 0 Å². The number of hydrogen-bond donors (Lipinski definition) is 1. The highest BCUT2D eigenvalue weighted by atomic mass is 16.2. The number of nitrogens with one attached hydrogen (secondary N) is 1. The Balaban J connectivity index is 2.12. The lowest BCUT2D eigenvalue weighted by molar-refractivity contribution is 0.102. The lowest BCUT2D eigenvalue weighted by Gasteiger charge is -2.12. The summed E-state index contributed by atoms with van der Waals surface area (Å²) in [6, 6.07) is 14.9. The zero-order valence-electron chi connectivity index (χ0n) is 13.2. The van der Waals surface area contributed by atoms with E-state index < -0.39 is 0 Å². The van der Waals surface area contributed by atoms with Crippen molar-refractivity contribution in [1.82, 2.24) is 4.57 Å². The first-order valence-corrected chi connectivity index (χ1v) is 7.60. The van der Waals surface area contributed by atoms with Crippen molar-refractivity contribution in [3.8, 4) is 0 Å². The van der Waals surface area contributed by atoms with Gasteiger partial charge in [0.05, 0.1) is 5.52 Å². The van der Waals surface area contributed by atoms with Crippen LogP contribution < -0.4 is 10.7 Å². The minimum atomic E-state index is -0.383. The monoisotopic (exact) mass is 306 g/mol. The van der Waals surface area contributed by atoms with Crippen LogP contribution in [0.4, 0.5) is 5.69 Å². The van der Waals surface area contributed by atoms with E-state index in [1.165, 1.54) is 0 Å². The second-order valence-corrected chi connectivity index (χ2v) is 5.50. The number of pyridine rings is 1. The summed E-state index contributed by atoms with van der Waals surface area (Å²) in [4.78, 5) is 25.2. The van der Waals surface area contributed by atoms with E-state index in [4.69, 9.17) is 0 Å². The van der Waals surface area contributed by atoms with Gasteiger partial charge in [-0.1, -0.05) is 29.8 Å². The number of carbonyl (C=O) groups excluding carboxylic acids is 1. The van der Waals surface area contributed by atoms with Crippen LogP contribution in [0.1, 0.15) is 22.8 Å². The lowest BCUT2D eigenvalue weighted by atomic mass is 10.1. The van der Waals surface area contributed by atoms with E-state index in [1.54, 1.807) is 18.3 Å². The van der Waals surface area contributed by atoms with E-state index in [2.05, 4.69) is 5.32 Å². The number of aromatic nitrogens is 1. The molecule has 0 bridgehead atoms. The maximum atomic E-state index is 12.7. The fourth-order valence-corrected chi connectivity index (χ4v) is 2.65. The van der Waals surface area contributed by atoms with Crippen molar-refractivity contribution in [2.45, 2.75) is 20.4 Å². The molecule has 1 amide bonds. The fraction of sp³-hybridized carbons (Fsp3) is 0.158. The maximum absolute atomic E-state index is 12.7. The average Bonchev–Trinajstić information content (AvgIpc) is 2.56. The summed E-state index contributed by atoms with van der Waals surface area (Å²) in [5.41, 5.74) is 2.44. The number of aryl methyl sites for hydroxylation is 2. The number of para-hydroxylation sites is 1. The molecule has 116 valence electrons. The molecular formula is C19H18N2O2. The minimum absolute atomic E-state index is 0.161. The smallest absolute Gasteiger partial charge is 0.261 e. The van der Waals surface area contributed by atoms with Gasteiger partial charge in [-0.3, -0.25) is 9.59 Å². The first-order valence-electron chi connectivity index (χ1n) is 7.60. The molecule has 0 unspecified atom stereocenters. The summed E-state index contributed by atoms with van der Waals surface area (Å²) in [5.74, 6) is -0.383. The van der Waals surface area contributed by atoms with Crippen molar-refractivity contribution in [3.63, 3.8) is 0 Å². The quantitative estimate of drug-likeness (QED) is 0.804. The molecule has 0 saturated heterocycles. The van der Waals surface area contributed by atoms with Crippen molar-refractivity contribution in [2.24, 2.45) is 0 Å². The number of carbonyl (C=O) groups is 1. The van der Waals surface area contributed by atoms with Crippen molar-refractivity contribution in [1.29, 1.82) is 0 Å². The summed E-state index contributed by atoms with van der Waals surface area (Å²) < 4.78 is 1.93. The van der Waals surface area contributed by atoms with Crippen molar-refractivity contribution < 1.29 is 4.79 Å². The summed E-state index contributed by atoms with van der Waals surface area (Å²) in [5, 5.41) is 3.35. The fourth-order valence-electron chi connectivity index (χ4n) is 2.65. The molecule has 23 heavy (non-hydrogen) atoms. The first kappa shape index (κ1) is 15.0. The molecule has 4 heteroatoms. The predicted octanol–water partition coefficient (Wildman–Crippen LogP) is 3.58.